The molecule has 0 spiro atoms. The predicted molar refractivity (Wildman–Crippen MR) is 100 cm³/mol. The van der Waals surface area contributed by atoms with E-state index in [0.717, 1.165) is 25.7 Å². The van der Waals surface area contributed by atoms with Crippen LogP contribution in [0.15, 0.2) is 24.3 Å². The van der Waals surface area contributed by atoms with E-state index in [1.54, 1.807) is 19.2 Å². The lowest BCUT2D eigenvalue weighted by Crippen LogP contribution is -2.51. The van der Waals surface area contributed by atoms with Crippen molar-refractivity contribution in [2.45, 2.75) is 57.0 Å². The van der Waals surface area contributed by atoms with E-state index >= 15 is 0 Å². The van der Waals surface area contributed by atoms with Crippen molar-refractivity contribution in [2.24, 2.45) is 0 Å². The third-order valence-corrected chi connectivity index (χ3v) is 5.40. The van der Waals surface area contributed by atoms with E-state index in [2.05, 4.69) is 10.6 Å². The Balaban J connectivity index is 1.46. The summed E-state index contributed by atoms with van der Waals surface area (Å²) < 4.78 is 5.29. The smallest absolute Gasteiger partial charge is 0.315 e. The quantitative estimate of drug-likeness (QED) is 0.868. The van der Waals surface area contributed by atoms with Gasteiger partial charge in [-0.25, -0.2) is 4.79 Å². The number of nitrogens with zero attached hydrogens (tertiary/aromatic N) is 1. The normalized spacial score (nSPS) is 19.0. The summed E-state index contributed by atoms with van der Waals surface area (Å²) in [7, 11) is 1.58. The summed E-state index contributed by atoms with van der Waals surface area (Å²) in [5.74, 6) is 0.595. The molecule has 0 bridgehead atoms. The fourth-order valence-electron chi connectivity index (χ4n) is 3.88. The molecular weight excluding hydrogens is 330 g/mol. The molecular formula is C20H29N3O3. The van der Waals surface area contributed by atoms with Crippen molar-refractivity contribution >= 4 is 11.9 Å². The van der Waals surface area contributed by atoms with Crippen LogP contribution in [0.3, 0.4) is 0 Å². The Morgan fingerprint density at radius 2 is 1.58 bits per heavy atom. The van der Waals surface area contributed by atoms with Gasteiger partial charge >= 0.3 is 6.03 Å². The van der Waals surface area contributed by atoms with E-state index in [-0.39, 0.29) is 18.0 Å². The summed E-state index contributed by atoms with van der Waals surface area (Å²) in [6.07, 6.45) is 7.40. The molecule has 142 valence electrons. The minimum Gasteiger partial charge on any atom is -0.496 e. The molecule has 6 heteroatoms. The van der Waals surface area contributed by atoms with Gasteiger partial charge in [0.2, 0.25) is 0 Å². The van der Waals surface area contributed by atoms with E-state index in [4.69, 9.17) is 4.74 Å². The fourth-order valence-corrected chi connectivity index (χ4v) is 3.88. The van der Waals surface area contributed by atoms with Crippen molar-refractivity contribution in [2.75, 3.05) is 20.2 Å². The van der Waals surface area contributed by atoms with Gasteiger partial charge in [-0.2, -0.15) is 0 Å². The highest BCUT2D eigenvalue weighted by molar-refractivity contribution is 5.97. The van der Waals surface area contributed by atoms with Crippen molar-refractivity contribution < 1.29 is 14.3 Å². The number of methoxy groups -OCH3 is 1. The van der Waals surface area contributed by atoms with Crippen molar-refractivity contribution in [1.82, 2.24) is 15.5 Å². The van der Waals surface area contributed by atoms with Crippen LogP contribution >= 0.6 is 0 Å². The number of nitrogens with one attached hydrogen (secondary N) is 2. The molecule has 2 fully saturated rings. The lowest BCUT2D eigenvalue weighted by Gasteiger charge is -2.33. The van der Waals surface area contributed by atoms with Gasteiger partial charge in [0.15, 0.2) is 0 Å². The SMILES string of the molecule is COc1ccccc1C(=O)N1CCC(NC(=O)NC2CCCCC2)CC1. The average molecular weight is 359 g/mol. The monoisotopic (exact) mass is 359 g/mol. The third-order valence-electron chi connectivity index (χ3n) is 5.40. The van der Waals surface area contributed by atoms with Crippen LogP contribution in [0.5, 0.6) is 5.75 Å². The molecule has 1 aliphatic heterocycles. The molecule has 2 N–H and O–H groups in total. The molecule has 26 heavy (non-hydrogen) atoms. The zero-order chi connectivity index (χ0) is 18.4. The second kappa shape index (κ2) is 8.92. The molecule has 3 rings (SSSR count). The number of likely N-dealkylation sites (tertiary alicyclic amines) is 1. The molecule has 6 nitrogen and oxygen atoms in total. The summed E-state index contributed by atoms with van der Waals surface area (Å²) in [5, 5.41) is 6.17. The summed E-state index contributed by atoms with van der Waals surface area (Å²) >= 11 is 0. The number of amides is 3. The van der Waals surface area contributed by atoms with Crippen molar-refractivity contribution in [3.63, 3.8) is 0 Å². The summed E-state index contributed by atoms with van der Waals surface area (Å²) in [6.45, 7) is 1.29. The Kier molecular flexibility index (Phi) is 6.36. The molecule has 1 heterocycles. The van der Waals surface area contributed by atoms with Crippen molar-refractivity contribution in [3.05, 3.63) is 29.8 Å². The molecule has 1 aromatic rings. The number of piperidine rings is 1. The summed E-state index contributed by atoms with van der Waals surface area (Å²) in [6, 6.07) is 7.68. The van der Waals surface area contributed by atoms with Gasteiger partial charge in [-0.15, -0.1) is 0 Å². The highest BCUT2D eigenvalue weighted by Gasteiger charge is 2.26. The number of carbonyl (C=O) groups excluding carboxylic acids is 2. The lowest BCUT2D eigenvalue weighted by molar-refractivity contribution is 0.0705. The second-order valence-corrected chi connectivity index (χ2v) is 7.22. The van der Waals surface area contributed by atoms with Gasteiger partial charge < -0.3 is 20.3 Å². The fraction of sp³-hybridized carbons (Fsp3) is 0.600. The van der Waals surface area contributed by atoms with Crippen molar-refractivity contribution in [3.8, 4) is 5.75 Å². The van der Waals surface area contributed by atoms with Crippen LogP contribution in [0.4, 0.5) is 4.79 Å². The minimum atomic E-state index is -0.0635. The van der Waals surface area contributed by atoms with Crippen LogP contribution in [0.2, 0.25) is 0 Å². The molecule has 0 radical (unpaired) electrons. The van der Waals surface area contributed by atoms with E-state index in [0.29, 0.717) is 30.4 Å². The predicted octanol–water partition coefficient (Wildman–Crippen LogP) is 2.93. The number of hydrogen-bond donors (Lipinski definition) is 2. The zero-order valence-electron chi connectivity index (χ0n) is 15.5. The lowest BCUT2D eigenvalue weighted by atomic mass is 9.96. The standard InChI is InChI=1S/C20H29N3O3/c1-26-18-10-6-5-9-17(18)19(24)23-13-11-16(12-14-23)22-20(25)21-15-7-3-2-4-8-15/h5-6,9-10,15-16H,2-4,7-8,11-14H2,1H3,(H2,21,22,25). The number of rotatable bonds is 4. The number of hydrogen-bond acceptors (Lipinski definition) is 3. The van der Waals surface area contributed by atoms with Gasteiger partial charge in [-0.05, 0) is 37.8 Å². The molecule has 0 atom stereocenters. The Morgan fingerprint density at radius 3 is 2.23 bits per heavy atom. The highest BCUT2D eigenvalue weighted by Crippen LogP contribution is 2.22. The highest BCUT2D eigenvalue weighted by atomic mass is 16.5. The first-order valence-electron chi connectivity index (χ1n) is 9.66. The third kappa shape index (κ3) is 4.68. The van der Waals surface area contributed by atoms with E-state index < -0.39 is 0 Å². The number of ether oxygens (including phenoxy) is 1. The maximum Gasteiger partial charge on any atom is 0.315 e. The van der Waals surface area contributed by atoms with E-state index in [1.807, 2.05) is 17.0 Å². The molecule has 1 aromatic carbocycles. The number of carbonyl (C=O) groups is 2. The Labute approximate surface area is 155 Å². The zero-order valence-corrected chi connectivity index (χ0v) is 15.5. The van der Waals surface area contributed by atoms with Gasteiger partial charge in [-0.1, -0.05) is 31.4 Å². The molecule has 2 aliphatic rings. The molecule has 1 saturated carbocycles. The van der Waals surface area contributed by atoms with E-state index in [1.165, 1.54) is 19.3 Å². The van der Waals surface area contributed by atoms with Crippen LogP contribution in [0.1, 0.15) is 55.3 Å². The van der Waals surface area contributed by atoms with Gasteiger partial charge in [-0.3, -0.25) is 4.79 Å². The van der Waals surface area contributed by atoms with Crippen LogP contribution in [-0.4, -0.2) is 49.1 Å². The molecule has 1 aliphatic carbocycles. The summed E-state index contributed by atoms with van der Waals surface area (Å²) in [5.41, 5.74) is 0.594. The number of para-hydroxylation sites is 1. The molecule has 0 aromatic heterocycles. The maximum atomic E-state index is 12.7. The first kappa shape index (κ1) is 18.5. The van der Waals surface area contributed by atoms with E-state index in [9.17, 15) is 9.59 Å². The Hall–Kier alpha value is -2.24. The van der Waals surface area contributed by atoms with Crippen LogP contribution in [0, 0.1) is 0 Å². The largest absolute Gasteiger partial charge is 0.496 e. The minimum absolute atomic E-state index is 0.00689. The van der Waals surface area contributed by atoms with Gasteiger partial charge in [0.05, 0.1) is 12.7 Å². The van der Waals surface area contributed by atoms with Crippen molar-refractivity contribution in [1.29, 1.82) is 0 Å². The van der Waals surface area contributed by atoms with Gasteiger partial charge in [0.1, 0.15) is 5.75 Å². The number of benzene rings is 1. The Bertz CT molecular complexity index is 620. The summed E-state index contributed by atoms with van der Waals surface area (Å²) in [4.78, 5) is 26.7. The maximum absolute atomic E-state index is 12.7. The van der Waals surface area contributed by atoms with Gasteiger partial charge in [0, 0.05) is 25.2 Å². The Morgan fingerprint density at radius 1 is 0.962 bits per heavy atom. The average Bonchev–Trinajstić information content (AvgIpc) is 2.68. The number of urea groups is 1. The van der Waals surface area contributed by atoms with Gasteiger partial charge in [0.25, 0.3) is 5.91 Å². The first-order chi connectivity index (χ1) is 12.7. The molecule has 3 amide bonds. The molecule has 1 saturated heterocycles. The van der Waals surface area contributed by atoms with Crippen LogP contribution in [0.25, 0.3) is 0 Å². The first-order valence-corrected chi connectivity index (χ1v) is 9.66. The molecule has 0 unspecified atom stereocenters. The van der Waals surface area contributed by atoms with Crippen LogP contribution < -0.4 is 15.4 Å². The second-order valence-electron chi connectivity index (χ2n) is 7.22. The topological polar surface area (TPSA) is 70.7 Å². The van der Waals surface area contributed by atoms with Crippen LogP contribution in [-0.2, 0) is 0 Å².